The quantitative estimate of drug-likeness (QED) is 0.578. The Morgan fingerprint density at radius 1 is 1.12 bits per heavy atom. The average Bonchev–Trinajstić information content (AvgIpc) is 2.92. The van der Waals surface area contributed by atoms with E-state index in [1.807, 2.05) is 0 Å². The Hall–Kier alpha value is -1.32. The number of carbonyl (C=O) groups is 2. The second-order valence-corrected chi connectivity index (χ2v) is 9.75. The maximum absolute atomic E-state index is 11.8. The largest absolute Gasteiger partial charge is 0.481 e. The van der Waals surface area contributed by atoms with Crippen molar-refractivity contribution in [3.8, 4) is 0 Å². The Labute approximate surface area is 156 Å². The summed E-state index contributed by atoms with van der Waals surface area (Å²) in [6.45, 7) is 6.17. The van der Waals surface area contributed by atoms with Crippen molar-refractivity contribution in [2.75, 3.05) is 0 Å². The van der Waals surface area contributed by atoms with Gasteiger partial charge in [-0.05, 0) is 73.5 Å². The average molecular weight is 360 g/mol. The molecule has 0 aromatic heterocycles. The number of aliphatic carboxylic acids is 1. The third-order valence-electron chi connectivity index (χ3n) is 8.69. The molecule has 0 heterocycles. The molecule has 0 radical (unpaired) electrons. The maximum atomic E-state index is 11.8. The molecule has 0 amide bonds. The van der Waals surface area contributed by atoms with Crippen LogP contribution in [0.2, 0.25) is 0 Å². The van der Waals surface area contributed by atoms with E-state index in [2.05, 4.69) is 19.9 Å². The summed E-state index contributed by atoms with van der Waals surface area (Å²) in [6.07, 6.45) is 10.6. The number of carboxylic acids is 1. The van der Waals surface area contributed by atoms with Gasteiger partial charge in [0.25, 0.3) is 0 Å². The standard InChI is InChI=1S/C22H32O4/c1-13(23)26-15-8-10-21(2)14(12-15)4-5-16-17-6-7-19(20(24)25)22(17,3)11-9-18(16)21/h4,15-19H,5-12H2,1-3H3,(H,24,25)/t15-,16-,17+,18+,19+,21+,22+/m0/s1. The molecular formula is C22H32O4. The molecule has 3 fully saturated rings. The zero-order chi connectivity index (χ0) is 18.7. The number of fused-ring (bicyclic) bond motifs is 5. The number of esters is 1. The molecule has 0 aromatic rings. The summed E-state index contributed by atoms with van der Waals surface area (Å²) in [5.41, 5.74) is 1.68. The molecule has 4 aliphatic rings. The maximum Gasteiger partial charge on any atom is 0.307 e. The van der Waals surface area contributed by atoms with Crippen molar-refractivity contribution in [3.63, 3.8) is 0 Å². The first kappa shape index (κ1) is 18.1. The minimum absolute atomic E-state index is 0.0242. The van der Waals surface area contributed by atoms with Gasteiger partial charge in [-0.1, -0.05) is 25.5 Å². The fourth-order valence-electron chi connectivity index (χ4n) is 7.37. The summed E-state index contributed by atoms with van der Waals surface area (Å²) < 4.78 is 5.50. The molecule has 0 bridgehead atoms. The van der Waals surface area contributed by atoms with E-state index in [1.165, 1.54) is 12.5 Å². The van der Waals surface area contributed by atoms with Crippen molar-refractivity contribution in [1.29, 1.82) is 0 Å². The van der Waals surface area contributed by atoms with Crippen LogP contribution in [0.1, 0.15) is 72.1 Å². The summed E-state index contributed by atoms with van der Waals surface area (Å²) in [6, 6.07) is 0. The van der Waals surface area contributed by atoms with E-state index in [0.717, 1.165) is 51.4 Å². The molecule has 4 rings (SSSR count). The van der Waals surface area contributed by atoms with Crippen LogP contribution in [0.4, 0.5) is 0 Å². The number of ether oxygens (including phenoxy) is 1. The summed E-state index contributed by atoms with van der Waals surface area (Å²) >= 11 is 0. The van der Waals surface area contributed by atoms with Gasteiger partial charge in [-0.15, -0.1) is 0 Å². The van der Waals surface area contributed by atoms with Gasteiger partial charge >= 0.3 is 11.9 Å². The fraction of sp³-hybridized carbons (Fsp3) is 0.818. The number of carbonyl (C=O) groups excluding carboxylic acids is 1. The van der Waals surface area contributed by atoms with Crippen molar-refractivity contribution in [2.24, 2.45) is 34.5 Å². The predicted octanol–water partition coefficient (Wildman–Crippen LogP) is 4.58. The lowest BCUT2D eigenvalue weighted by Crippen LogP contribution is -2.51. The van der Waals surface area contributed by atoms with E-state index in [0.29, 0.717) is 17.8 Å². The van der Waals surface area contributed by atoms with Crippen molar-refractivity contribution in [1.82, 2.24) is 0 Å². The molecule has 0 aromatic carbocycles. The molecule has 4 aliphatic carbocycles. The number of carboxylic acid groups (broad SMARTS) is 1. The Balaban J connectivity index is 1.59. The minimum atomic E-state index is -0.589. The van der Waals surface area contributed by atoms with Gasteiger partial charge in [-0.3, -0.25) is 9.59 Å². The summed E-state index contributed by atoms with van der Waals surface area (Å²) in [5.74, 6) is 0.901. The Bertz CT molecular complexity index is 653. The van der Waals surface area contributed by atoms with E-state index >= 15 is 0 Å². The highest BCUT2D eigenvalue weighted by Gasteiger charge is 2.60. The zero-order valence-corrected chi connectivity index (χ0v) is 16.3. The van der Waals surface area contributed by atoms with Crippen LogP contribution in [0, 0.1) is 34.5 Å². The van der Waals surface area contributed by atoms with Crippen LogP contribution >= 0.6 is 0 Å². The first-order valence-electron chi connectivity index (χ1n) is 10.4. The minimum Gasteiger partial charge on any atom is -0.481 e. The van der Waals surface area contributed by atoms with Gasteiger partial charge in [0.1, 0.15) is 6.10 Å². The summed E-state index contributed by atoms with van der Waals surface area (Å²) in [7, 11) is 0. The molecule has 0 spiro atoms. The first-order valence-corrected chi connectivity index (χ1v) is 10.4. The van der Waals surface area contributed by atoms with Crippen LogP contribution in [-0.4, -0.2) is 23.1 Å². The van der Waals surface area contributed by atoms with Crippen LogP contribution in [0.15, 0.2) is 11.6 Å². The Kier molecular flexibility index (Phi) is 4.24. The molecule has 144 valence electrons. The third-order valence-corrected chi connectivity index (χ3v) is 8.69. The van der Waals surface area contributed by atoms with E-state index in [1.54, 1.807) is 0 Å². The fourth-order valence-corrected chi connectivity index (χ4v) is 7.37. The van der Waals surface area contributed by atoms with E-state index in [4.69, 9.17) is 4.74 Å². The van der Waals surface area contributed by atoms with Crippen molar-refractivity contribution < 1.29 is 19.4 Å². The van der Waals surface area contributed by atoms with Crippen molar-refractivity contribution in [3.05, 3.63) is 11.6 Å². The van der Waals surface area contributed by atoms with Gasteiger partial charge in [0.15, 0.2) is 0 Å². The number of allylic oxidation sites excluding steroid dienone is 1. The lowest BCUT2D eigenvalue weighted by Gasteiger charge is -2.57. The molecule has 1 N–H and O–H groups in total. The Morgan fingerprint density at radius 2 is 1.88 bits per heavy atom. The van der Waals surface area contributed by atoms with Crippen molar-refractivity contribution >= 4 is 11.9 Å². The Morgan fingerprint density at radius 3 is 2.58 bits per heavy atom. The van der Waals surface area contributed by atoms with Gasteiger partial charge in [-0.2, -0.15) is 0 Å². The lowest BCUT2D eigenvalue weighted by atomic mass is 9.47. The second-order valence-electron chi connectivity index (χ2n) is 9.75. The molecule has 7 atom stereocenters. The van der Waals surface area contributed by atoms with E-state index in [9.17, 15) is 14.7 Å². The van der Waals surface area contributed by atoms with Gasteiger partial charge in [0.2, 0.25) is 0 Å². The summed E-state index contributed by atoms with van der Waals surface area (Å²) in [4.78, 5) is 23.1. The highest BCUT2D eigenvalue weighted by molar-refractivity contribution is 5.71. The molecule has 0 unspecified atom stereocenters. The van der Waals surface area contributed by atoms with Crippen LogP contribution < -0.4 is 0 Å². The van der Waals surface area contributed by atoms with Crippen LogP contribution in [-0.2, 0) is 14.3 Å². The monoisotopic (exact) mass is 360 g/mol. The smallest absolute Gasteiger partial charge is 0.307 e. The molecule has 0 saturated heterocycles. The number of hydrogen-bond acceptors (Lipinski definition) is 3. The lowest BCUT2D eigenvalue weighted by molar-refractivity contribution is -0.151. The summed E-state index contributed by atoms with van der Waals surface area (Å²) in [5, 5.41) is 9.70. The van der Waals surface area contributed by atoms with Gasteiger partial charge in [-0.25, -0.2) is 0 Å². The molecule has 0 aliphatic heterocycles. The number of rotatable bonds is 2. The highest BCUT2D eigenvalue weighted by Crippen LogP contribution is 2.66. The van der Waals surface area contributed by atoms with Gasteiger partial charge < -0.3 is 9.84 Å². The van der Waals surface area contributed by atoms with Gasteiger partial charge in [0.05, 0.1) is 5.92 Å². The molecule has 3 saturated carbocycles. The second kappa shape index (κ2) is 6.10. The predicted molar refractivity (Wildman–Crippen MR) is 98.4 cm³/mol. The molecular weight excluding hydrogens is 328 g/mol. The normalized spacial score (nSPS) is 47.2. The van der Waals surface area contributed by atoms with Crippen LogP contribution in [0.3, 0.4) is 0 Å². The third kappa shape index (κ3) is 2.55. The van der Waals surface area contributed by atoms with Crippen LogP contribution in [0.5, 0.6) is 0 Å². The number of hydrogen-bond donors (Lipinski definition) is 1. The first-order chi connectivity index (χ1) is 12.3. The van der Waals surface area contributed by atoms with Crippen LogP contribution in [0.25, 0.3) is 0 Å². The molecule has 26 heavy (non-hydrogen) atoms. The SMILES string of the molecule is CC(=O)O[C@H]1CC[C@]2(C)C(=CC[C@H]3[C@H]4CC[C@H](C(=O)O)[C@]4(C)CC[C@H]32)C1. The van der Waals surface area contributed by atoms with Crippen molar-refractivity contribution in [2.45, 2.75) is 78.2 Å². The highest BCUT2D eigenvalue weighted by atomic mass is 16.5. The van der Waals surface area contributed by atoms with E-state index < -0.39 is 5.97 Å². The van der Waals surface area contributed by atoms with Gasteiger partial charge in [0, 0.05) is 13.3 Å². The zero-order valence-electron chi connectivity index (χ0n) is 16.3. The molecule has 4 heteroatoms. The van der Waals surface area contributed by atoms with E-state index in [-0.39, 0.29) is 28.8 Å². The molecule has 4 nitrogen and oxygen atoms in total. The topological polar surface area (TPSA) is 63.6 Å².